The van der Waals surface area contributed by atoms with E-state index < -0.39 is 5.97 Å². The average Bonchev–Trinajstić information content (AvgIpc) is 2.55. The van der Waals surface area contributed by atoms with Crippen molar-refractivity contribution in [3.63, 3.8) is 0 Å². The Balaban J connectivity index is 3.49. The topological polar surface area (TPSA) is 130 Å². The Morgan fingerprint density at radius 2 is 1.96 bits per heavy atom. The second kappa shape index (κ2) is 8.33. The Kier molecular flexibility index (Phi) is 6.48. The van der Waals surface area contributed by atoms with E-state index >= 15 is 0 Å². The van der Waals surface area contributed by atoms with Gasteiger partial charge in [0.2, 0.25) is 0 Å². The number of carboxylic acid groups (broad SMARTS) is 1. The van der Waals surface area contributed by atoms with Crippen LogP contribution in [-0.4, -0.2) is 23.9 Å². The molecular formula is C15H12N4O3S. The van der Waals surface area contributed by atoms with Crippen molar-refractivity contribution >= 4 is 23.4 Å². The van der Waals surface area contributed by atoms with Crippen LogP contribution in [-0.2, 0) is 0 Å². The maximum Gasteiger partial charge on any atom is 0.339 e. The second-order valence-corrected chi connectivity index (χ2v) is 5.30. The number of anilines is 1. The van der Waals surface area contributed by atoms with Crippen molar-refractivity contribution in [2.24, 2.45) is 0 Å². The Morgan fingerprint density at radius 1 is 1.30 bits per heavy atom. The molecule has 0 unspecified atom stereocenters. The van der Waals surface area contributed by atoms with Gasteiger partial charge in [0.15, 0.2) is 5.57 Å². The summed E-state index contributed by atoms with van der Waals surface area (Å²) in [4.78, 5) is 11.8. The van der Waals surface area contributed by atoms with Gasteiger partial charge in [-0.05, 0) is 11.8 Å². The SMILES string of the molecule is CCSc1cc(C(=O)O)c(OC)cc1NC(C#N)=C(C#N)C#N. The number of nitrogens with one attached hydrogen (secondary N) is 1. The standard InChI is InChI=1S/C15H12N4O3S/c1-3-23-14-4-10(15(20)21)13(22-2)5-11(14)19-12(8-18)9(6-16)7-17/h4-5,19H,3H2,1-2H3,(H,20,21). The molecule has 23 heavy (non-hydrogen) atoms. The number of thioether (sulfide) groups is 1. The largest absolute Gasteiger partial charge is 0.496 e. The highest BCUT2D eigenvalue weighted by Crippen LogP contribution is 2.35. The molecule has 0 spiro atoms. The van der Waals surface area contributed by atoms with Gasteiger partial charge in [-0.25, -0.2) is 4.79 Å². The van der Waals surface area contributed by atoms with E-state index in [-0.39, 0.29) is 22.6 Å². The molecule has 0 aliphatic heterocycles. The minimum Gasteiger partial charge on any atom is -0.496 e. The fraction of sp³-hybridized carbons (Fsp3) is 0.200. The molecule has 0 aromatic heterocycles. The lowest BCUT2D eigenvalue weighted by atomic mass is 10.1. The molecule has 116 valence electrons. The maximum absolute atomic E-state index is 11.3. The first-order chi connectivity index (χ1) is 11.0. The van der Waals surface area contributed by atoms with E-state index in [1.807, 2.05) is 6.92 Å². The lowest BCUT2D eigenvalue weighted by molar-refractivity contribution is 0.0693. The van der Waals surface area contributed by atoms with Crippen LogP contribution < -0.4 is 10.1 Å². The Morgan fingerprint density at radius 3 is 2.39 bits per heavy atom. The highest BCUT2D eigenvalue weighted by Gasteiger charge is 2.17. The van der Waals surface area contributed by atoms with E-state index in [0.717, 1.165) is 0 Å². The summed E-state index contributed by atoms with van der Waals surface area (Å²) in [5.41, 5.74) is -0.199. The molecule has 0 bridgehead atoms. The Bertz CT molecular complexity index is 766. The van der Waals surface area contributed by atoms with Gasteiger partial charge in [0, 0.05) is 11.0 Å². The summed E-state index contributed by atoms with van der Waals surface area (Å²) in [6, 6.07) is 7.87. The van der Waals surface area contributed by atoms with Crippen LogP contribution in [0.4, 0.5) is 5.69 Å². The number of benzene rings is 1. The summed E-state index contributed by atoms with van der Waals surface area (Å²) < 4.78 is 5.05. The third-order valence-corrected chi connectivity index (χ3v) is 3.61. The molecule has 0 saturated carbocycles. The number of allylic oxidation sites excluding steroid dienone is 2. The number of carboxylic acids is 1. The quantitative estimate of drug-likeness (QED) is 0.602. The number of nitriles is 3. The van der Waals surface area contributed by atoms with Crippen molar-refractivity contribution in [3.8, 4) is 24.0 Å². The number of methoxy groups -OCH3 is 1. The van der Waals surface area contributed by atoms with E-state index in [1.165, 1.54) is 31.0 Å². The highest BCUT2D eigenvalue weighted by atomic mass is 32.2. The van der Waals surface area contributed by atoms with Crippen LogP contribution in [0.3, 0.4) is 0 Å². The van der Waals surface area contributed by atoms with E-state index in [2.05, 4.69) is 5.32 Å². The van der Waals surface area contributed by atoms with Gasteiger partial charge in [0.25, 0.3) is 0 Å². The molecular weight excluding hydrogens is 316 g/mol. The first-order valence-corrected chi connectivity index (χ1v) is 7.30. The summed E-state index contributed by atoms with van der Waals surface area (Å²) in [7, 11) is 1.33. The minimum atomic E-state index is -1.14. The van der Waals surface area contributed by atoms with Gasteiger partial charge in [-0.3, -0.25) is 0 Å². The molecule has 2 N–H and O–H groups in total. The Hall–Kier alpha value is -3.15. The zero-order valence-corrected chi connectivity index (χ0v) is 13.2. The lowest BCUT2D eigenvalue weighted by Gasteiger charge is -2.14. The van der Waals surface area contributed by atoms with Crippen LogP contribution in [0.25, 0.3) is 0 Å². The van der Waals surface area contributed by atoms with Crippen molar-refractivity contribution < 1.29 is 14.6 Å². The number of hydrogen-bond donors (Lipinski definition) is 2. The Labute approximate surface area is 137 Å². The van der Waals surface area contributed by atoms with Crippen LogP contribution in [0.5, 0.6) is 5.75 Å². The van der Waals surface area contributed by atoms with E-state index in [1.54, 1.807) is 18.2 Å². The molecule has 1 aromatic carbocycles. The number of hydrogen-bond acceptors (Lipinski definition) is 7. The monoisotopic (exact) mass is 328 g/mol. The number of rotatable bonds is 6. The van der Waals surface area contributed by atoms with Crippen LogP contribution in [0, 0.1) is 34.0 Å². The average molecular weight is 328 g/mol. The zero-order valence-electron chi connectivity index (χ0n) is 12.4. The van der Waals surface area contributed by atoms with Crippen molar-refractivity contribution in [2.45, 2.75) is 11.8 Å². The molecule has 7 nitrogen and oxygen atoms in total. The summed E-state index contributed by atoms with van der Waals surface area (Å²) in [6.45, 7) is 1.89. The fourth-order valence-electron chi connectivity index (χ4n) is 1.69. The first-order valence-electron chi connectivity index (χ1n) is 6.32. The smallest absolute Gasteiger partial charge is 0.339 e. The summed E-state index contributed by atoms with van der Waals surface area (Å²) in [6.07, 6.45) is 0. The first kappa shape index (κ1) is 17.9. The molecule has 0 aliphatic rings. The van der Waals surface area contributed by atoms with Crippen LogP contribution in [0.1, 0.15) is 17.3 Å². The van der Waals surface area contributed by atoms with Gasteiger partial charge >= 0.3 is 5.97 Å². The van der Waals surface area contributed by atoms with Gasteiger partial charge in [-0.2, -0.15) is 15.8 Å². The van der Waals surface area contributed by atoms with E-state index in [9.17, 15) is 9.90 Å². The molecule has 0 amide bonds. The van der Waals surface area contributed by atoms with Gasteiger partial charge in [-0.15, -0.1) is 11.8 Å². The fourth-order valence-corrected chi connectivity index (χ4v) is 2.46. The number of carbonyl (C=O) groups is 1. The van der Waals surface area contributed by atoms with Gasteiger partial charge in [-0.1, -0.05) is 6.92 Å². The van der Waals surface area contributed by atoms with Crippen molar-refractivity contribution in [2.75, 3.05) is 18.2 Å². The molecule has 1 rings (SSSR count). The van der Waals surface area contributed by atoms with Gasteiger partial charge < -0.3 is 15.2 Å². The molecule has 0 saturated heterocycles. The molecule has 0 atom stereocenters. The predicted molar refractivity (Wildman–Crippen MR) is 83.8 cm³/mol. The molecule has 1 aromatic rings. The summed E-state index contributed by atoms with van der Waals surface area (Å²) in [5.74, 6) is -0.375. The van der Waals surface area contributed by atoms with Crippen molar-refractivity contribution in [1.82, 2.24) is 0 Å². The van der Waals surface area contributed by atoms with Crippen LogP contribution in [0.15, 0.2) is 28.3 Å². The summed E-state index contributed by atoms with van der Waals surface area (Å²) in [5, 5.41) is 38.8. The van der Waals surface area contributed by atoms with E-state index in [0.29, 0.717) is 16.3 Å². The van der Waals surface area contributed by atoms with Gasteiger partial charge in [0.05, 0.1) is 12.8 Å². The van der Waals surface area contributed by atoms with Crippen LogP contribution in [0.2, 0.25) is 0 Å². The summed E-state index contributed by atoms with van der Waals surface area (Å²) >= 11 is 1.35. The maximum atomic E-state index is 11.3. The molecule has 0 heterocycles. The van der Waals surface area contributed by atoms with Crippen molar-refractivity contribution in [3.05, 3.63) is 29.0 Å². The highest BCUT2D eigenvalue weighted by molar-refractivity contribution is 7.99. The molecule has 8 heteroatoms. The normalized spacial score (nSPS) is 9.00. The van der Waals surface area contributed by atoms with Crippen molar-refractivity contribution in [1.29, 1.82) is 15.8 Å². The molecule has 0 radical (unpaired) electrons. The van der Waals surface area contributed by atoms with E-state index in [4.69, 9.17) is 20.5 Å². The number of nitrogens with zero attached hydrogens (tertiary/aromatic N) is 3. The third kappa shape index (κ3) is 4.16. The number of aromatic carboxylic acids is 1. The van der Waals surface area contributed by atoms with Crippen LogP contribution >= 0.6 is 11.8 Å². The number of ether oxygens (including phenoxy) is 1. The predicted octanol–water partition coefficient (Wildman–Crippen LogP) is 2.74. The zero-order chi connectivity index (χ0) is 17.4. The third-order valence-electron chi connectivity index (χ3n) is 2.68. The minimum absolute atomic E-state index is 0.0164. The van der Waals surface area contributed by atoms with Gasteiger partial charge in [0.1, 0.15) is 35.2 Å². The second-order valence-electron chi connectivity index (χ2n) is 4.00. The molecule has 0 fully saturated rings. The molecule has 0 aliphatic carbocycles. The lowest BCUT2D eigenvalue weighted by Crippen LogP contribution is -2.06.